The number of amides is 1. The molecule has 0 aliphatic rings. The van der Waals surface area contributed by atoms with Crippen molar-refractivity contribution in [3.63, 3.8) is 0 Å². The van der Waals surface area contributed by atoms with Gasteiger partial charge in [-0.1, -0.05) is 0 Å². The molecule has 0 spiro atoms. The lowest BCUT2D eigenvalue weighted by atomic mass is 10.3. The van der Waals surface area contributed by atoms with Gasteiger partial charge in [-0.15, -0.1) is 12.4 Å². The van der Waals surface area contributed by atoms with Crippen LogP contribution >= 0.6 is 12.4 Å². The van der Waals surface area contributed by atoms with Gasteiger partial charge in [-0.2, -0.15) is 0 Å². The van der Waals surface area contributed by atoms with Crippen LogP contribution in [-0.2, 0) is 11.3 Å². The number of ether oxygens (including phenoxy) is 1. The molecule has 6 heteroatoms. The number of aromatic nitrogens is 1. The molecule has 0 bridgehead atoms. The molecule has 0 aromatic carbocycles. The lowest BCUT2D eigenvalue weighted by Gasteiger charge is -2.15. The first-order valence-corrected chi connectivity index (χ1v) is 4.61. The summed E-state index contributed by atoms with van der Waals surface area (Å²) in [5.41, 5.74) is 0.885. The van der Waals surface area contributed by atoms with Gasteiger partial charge >= 0.3 is 6.09 Å². The van der Waals surface area contributed by atoms with E-state index < -0.39 is 6.09 Å². The van der Waals surface area contributed by atoms with Gasteiger partial charge in [0.1, 0.15) is 6.61 Å². The predicted molar refractivity (Wildman–Crippen MR) is 61.4 cm³/mol. The number of rotatable bonds is 4. The number of hydrogen-bond donors (Lipinski definition) is 1. The van der Waals surface area contributed by atoms with Crippen LogP contribution in [0.4, 0.5) is 4.79 Å². The number of aliphatic hydroxyl groups is 1. The van der Waals surface area contributed by atoms with Crippen LogP contribution in [0.1, 0.15) is 5.56 Å². The van der Waals surface area contributed by atoms with Crippen LogP contribution in [0.3, 0.4) is 0 Å². The summed E-state index contributed by atoms with van der Waals surface area (Å²) in [6.07, 6.45) is 2.84. The Labute approximate surface area is 100 Å². The summed E-state index contributed by atoms with van der Waals surface area (Å²) in [7, 11) is 1.57. The van der Waals surface area contributed by atoms with Crippen molar-refractivity contribution in [3.05, 3.63) is 30.1 Å². The van der Waals surface area contributed by atoms with E-state index >= 15 is 0 Å². The van der Waals surface area contributed by atoms with Gasteiger partial charge < -0.3 is 14.7 Å². The van der Waals surface area contributed by atoms with Crippen LogP contribution in [0.25, 0.3) is 0 Å². The van der Waals surface area contributed by atoms with Crippen molar-refractivity contribution < 1.29 is 14.6 Å². The monoisotopic (exact) mass is 246 g/mol. The molecule has 5 nitrogen and oxygen atoms in total. The molecule has 0 aliphatic heterocycles. The van der Waals surface area contributed by atoms with E-state index in [9.17, 15) is 4.79 Å². The van der Waals surface area contributed by atoms with Crippen LogP contribution in [0.15, 0.2) is 24.5 Å². The van der Waals surface area contributed by atoms with Crippen molar-refractivity contribution in [2.45, 2.75) is 6.61 Å². The molecule has 16 heavy (non-hydrogen) atoms. The Balaban J connectivity index is 0.00000225. The average Bonchev–Trinajstić information content (AvgIpc) is 2.27. The molecule has 0 saturated carbocycles. The Bertz CT molecular complexity index is 308. The number of aliphatic hydroxyl groups excluding tert-OH is 1. The van der Waals surface area contributed by atoms with E-state index in [4.69, 9.17) is 9.84 Å². The number of carbonyl (C=O) groups is 1. The number of hydrogen-bond acceptors (Lipinski definition) is 4. The summed E-state index contributed by atoms with van der Waals surface area (Å²) in [6, 6.07) is 3.55. The number of carbonyl (C=O) groups excluding carboxylic acids is 1. The third kappa shape index (κ3) is 4.95. The maximum atomic E-state index is 11.3. The SMILES string of the molecule is CN(CCO)C(=O)OCc1ccncc1.Cl. The van der Waals surface area contributed by atoms with E-state index in [1.54, 1.807) is 31.6 Å². The fraction of sp³-hybridized carbons (Fsp3) is 0.400. The maximum absolute atomic E-state index is 11.3. The van der Waals surface area contributed by atoms with Crippen molar-refractivity contribution in [1.82, 2.24) is 9.88 Å². The lowest BCUT2D eigenvalue weighted by molar-refractivity contribution is 0.0978. The second-order valence-corrected chi connectivity index (χ2v) is 3.06. The molecule has 0 saturated heterocycles. The lowest BCUT2D eigenvalue weighted by Crippen LogP contribution is -2.29. The van der Waals surface area contributed by atoms with Crippen molar-refractivity contribution in [2.24, 2.45) is 0 Å². The Morgan fingerprint density at radius 3 is 2.69 bits per heavy atom. The number of halogens is 1. The highest BCUT2D eigenvalue weighted by molar-refractivity contribution is 5.85. The Hall–Kier alpha value is -1.33. The smallest absolute Gasteiger partial charge is 0.409 e. The standard InChI is InChI=1S/C10H14N2O3.ClH/c1-12(6-7-13)10(14)15-8-9-2-4-11-5-3-9;/h2-5,13H,6-8H2,1H3;1H. The van der Waals surface area contributed by atoms with Gasteiger partial charge in [-0.3, -0.25) is 4.98 Å². The van der Waals surface area contributed by atoms with Gasteiger partial charge in [0.2, 0.25) is 0 Å². The van der Waals surface area contributed by atoms with Gasteiger partial charge in [-0.05, 0) is 17.7 Å². The quantitative estimate of drug-likeness (QED) is 0.863. The molecule has 1 aromatic heterocycles. The first kappa shape index (κ1) is 14.7. The Morgan fingerprint density at radius 2 is 2.12 bits per heavy atom. The summed E-state index contributed by atoms with van der Waals surface area (Å²) in [5.74, 6) is 0. The van der Waals surface area contributed by atoms with Crippen molar-refractivity contribution in [2.75, 3.05) is 20.2 Å². The van der Waals surface area contributed by atoms with Crippen LogP contribution in [-0.4, -0.2) is 41.3 Å². The summed E-state index contributed by atoms with van der Waals surface area (Å²) in [6.45, 7) is 0.424. The molecule has 0 unspecified atom stereocenters. The second kappa shape index (κ2) is 7.90. The van der Waals surface area contributed by atoms with Gasteiger partial charge in [0.25, 0.3) is 0 Å². The molecule has 1 N–H and O–H groups in total. The normalized spacial score (nSPS) is 9.12. The largest absolute Gasteiger partial charge is 0.445 e. The molecule has 1 amide bonds. The van der Waals surface area contributed by atoms with Crippen LogP contribution in [0.5, 0.6) is 0 Å². The number of likely N-dealkylation sites (N-methyl/N-ethyl adjacent to an activating group) is 1. The van der Waals surface area contributed by atoms with Gasteiger partial charge in [0.05, 0.1) is 6.61 Å². The third-order valence-electron chi connectivity index (χ3n) is 1.86. The highest BCUT2D eigenvalue weighted by Gasteiger charge is 2.08. The molecule has 0 fully saturated rings. The number of nitrogens with zero attached hydrogens (tertiary/aromatic N) is 2. The zero-order valence-corrected chi connectivity index (χ0v) is 9.81. The molecular formula is C10H15ClN2O3. The van der Waals surface area contributed by atoms with E-state index in [0.717, 1.165) is 5.56 Å². The first-order chi connectivity index (χ1) is 7.24. The van der Waals surface area contributed by atoms with E-state index in [1.807, 2.05) is 0 Å². The first-order valence-electron chi connectivity index (χ1n) is 4.61. The van der Waals surface area contributed by atoms with Crippen molar-refractivity contribution in [1.29, 1.82) is 0 Å². The molecule has 1 aromatic rings. The molecular weight excluding hydrogens is 232 g/mol. The Morgan fingerprint density at radius 1 is 1.50 bits per heavy atom. The van der Waals surface area contributed by atoms with Crippen LogP contribution in [0.2, 0.25) is 0 Å². The summed E-state index contributed by atoms with van der Waals surface area (Å²) in [5, 5.41) is 8.61. The fourth-order valence-electron chi connectivity index (χ4n) is 0.976. The fourth-order valence-corrected chi connectivity index (χ4v) is 0.976. The maximum Gasteiger partial charge on any atom is 0.409 e. The van der Waals surface area contributed by atoms with Crippen LogP contribution in [0, 0.1) is 0 Å². The zero-order chi connectivity index (χ0) is 11.1. The van der Waals surface area contributed by atoms with E-state index in [0.29, 0.717) is 0 Å². The molecule has 0 atom stereocenters. The van der Waals surface area contributed by atoms with Gasteiger partial charge in [0.15, 0.2) is 0 Å². The van der Waals surface area contributed by atoms with E-state index in [1.165, 1.54) is 4.90 Å². The van der Waals surface area contributed by atoms with Crippen LogP contribution < -0.4 is 0 Å². The molecule has 0 aliphatic carbocycles. The third-order valence-corrected chi connectivity index (χ3v) is 1.86. The average molecular weight is 247 g/mol. The Kier molecular flexibility index (Phi) is 7.24. The minimum absolute atomic E-state index is 0. The van der Waals surface area contributed by atoms with Gasteiger partial charge in [-0.25, -0.2) is 4.79 Å². The highest BCUT2D eigenvalue weighted by atomic mass is 35.5. The predicted octanol–water partition coefficient (Wildman–Crippen LogP) is 1.06. The minimum atomic E-state index is -0.444. The van der Waals surface area contributed by atoms with Crippen molar-refractivity contribution in [3.8, 4) is 0 Å². The summed E-state index contributed by atoms with van der Waals surface area (Å²) < 4.78 is 4.99. The molecule has 0 radical (unpaired) electrons. The zero-order valence-electron chi connectivity index (χ0n) is 9.00. The summed E-state index contributed by atoms with van der Waals surface area (Å²) in [4.78, 5) is 16.5. The summed E-state index contributed by atoms with van der Waals surface area (Å²) >= 11 is 0. The van der Waals surface area contributed by atoms with Crippen molar-refractivity contribution >= 4 is 18.5 Å². The topological polar surface area (TPSA) is 62.7 Å². The minimum Gasteiger partial charge on any atom is -0.445 e. The molecule has 1 heterocycles. The number of pyridine rings is 1. The van der Waals surface area contributed by atoms with E-state index in [-0.39, 0.29) is 32.2 Å². The highest BCUT2D eigenvalue weighted by Crippen LogP contribution is 2.00. The molecule has 90 valence electrons. The molecule has 1 rings (SSSR count). The van der Waals surface area contributed by atoms with Gasteiger partial charge in [0, 0.05) is 26.0 Å². The second-order valence-electron chi connectivity index (χ2n) is 3.06. The van der Waals surface area contributed by atoms with E-state index in [2.05, 4.69) is 4.98 Å².